The Hall–Kier alpha value is -1.99. The first-order valence-corrected chi connectivity index (χ1v) is 3.71. The summed E-state index contributed by atoms with van der Waals surface area (Å²) in [5.74, 6) is -3.25. The summed E-state index contributed by atoms with van der Waals surface area (Å²) >= 11 is 0. The van der Waals surface area contributed by atoms with Gasteiger partial charge in [-0.2, -0.15) is 4.98 Å². The Labute approximate surface area is 81.9 Å². The van der Waals surface area contributed by atoms with Gasteiger partial charge in [-0.3, -0.25) is 10.1 Å². The average Bonchev–Trinajstić information content (AvgIpc) is 2.46. The molecule has 2 N–H and O–H groups in total. The minimum Gasteiger partial charge on any atom is -0.475 e. The summed E-state index contributed by atoms with van der Waals surface area (Å²) in [4.78, 5) is 24.1. The van der Waals surface area contributed by atoms with Gasteiger partial charge in [0.15, 0.2) is 5.69 Å². The fourth-order valence-electron chi connectivity index (χ4n) is 0.837. The summed E-state index contributed by atoms with van der Waals surface area (Å²) in [6, 6.07) is -0.560. The van der Waals surface area contributed by atoms with Crippen molar-refractivity contribution in [3.8, 4) is 0 Å². The number of hydrogen-bond acceptors (Lipinski definition) is 4. The number of nitrogens with zero attached hydrogens (tertiary/aromatic N) is 1. The van der Waals surface area contributed by atoms with Crippen molar-refractivity contribution in [2.24, 2.45) is 0 Å². The largest absolute Gasteiger partial charge is 0.475 e. The van der Waals surface area contributed by atoms with Crippen LogP contribution in [0.5, 0.6) is 0 Å². The lowest BCUT2D eigenvalue weighted by Crippen LogP contribution is -2.05. The third kappa shape index (κ3) is 2.48. The van der Waals surface area contributed by atoms with Crippen molar-refractivity contribution in [2.75, 3.05) is 5.32 Å². The molecule has 0 bridgehead atoms. The summed E-state index contributed by atoms with van der Waals surface area (Å²) in [7, 11) is 0. The number of amides is 1. The van der Waals surface area contributed by atoms with E-state index in [2.05, 4.69) is 9.40 Å². The van der Waals surface area contributed by atoms with Crippen molar-refractivity contribution in [1.82, 2.24) is 4.98 Å². The number of halogens is 2. The molecular weight excluding hydrogens is 214 g/mol. The smallest absolute Gasteiger partial charge is 0.374 e. The first kappa shape index (κ1) is 11.1. The van der Waals surface area contributed by atoms with Crippen LogP contribution in [0.4, 0.5) is 14.8 Å². The highest BCUT2D eigenvalue weighted by Crippen LogP contribution is 2.25. The first-order chi connectivity index (χ1) is 6.91. The molecule has 0 unspecified atom stereocenters. The van der Waals surface area contributed by atoms with Crippen LogP contribution in [0.25, 0.3) is 0 Å². The van der Waals surface area contributed by atoms with Crippen LogP contribution in [0.15, 0.2) is 4.42 Å². The van der Waals surface area contributed by atoms with E-state index in [0.717, 1.165) is 6.92 Å². The lowest BCUT2D eigenvalue weighted by molar-refractivity contribution is -0.114. The second-order valence-electron chi connectivity index (χ2n) is 2.52. The van der Waals surface area contributed by atoms with Crippen molar-refractivity contribution in [3.05, 3.63) is 11.5 Å². The highest BCUT2D eigenvalue weighted by atomic mass is 19.3. The van der Waals surface area contributed by atoms with Gasteiger partial charge in [-0.05, 0) is 0 Å². The fraction of sp³-hybridized carbons (Fsp3) is 0.286. The van der Waals surface area contributed by atoms with Gasteiger partial charge < -0.3 is 9.52 Å². The number of carbonyl (C=O) groups excluding carboxylic acids is 1. The topological polar surface area (TPSA) is 92.4 Å². The Kier molecular flexibility index (Phi) is 2.98. The number of anilines is 1. The maximum absolute atomic E-state index is 12.2. The monoisotopic (exact) mass is 220 g/mol. The highest BCUT2D eigenvalue weighted by molar-refractivity contribution is 5.89. The van der Waals surface area contributed by atoms with E-state index in [1.807, 2.05) is 5.32 Å². The van der Waals surface area contributed by atoms with Crippen LogP contribution in [0.2, 0.25) is 0 Å². The van der Waals surface area contributed by atoms with Crippen LogP contribution in [0.3, 0.4) is 0 Å². The maximum atomic E-state index is 12.2. The molecule has 1 heterocycles. The number of aromatic carboxylic acids is 1. The van der Waals surface area contributed by atoms with Crippen LogP contribution in [-0.4, -0.2) is 22.0 Å². The normalized spacial score (nSPS) is 10.4. The summed E-state index contributed by atoms with van der Waals surface area (Å²) in [5, 5.41) is 10.4. The Bertz CT molecular complexity index is 402. The van der Waals surface area contributed by atoms with E-state index in [9.17, 15) is 18.4 Å². The Morgan fingerprint density at radius 2 is 2.13 bits per heavy atom. The Morgan fingerprint density at radius 3 is 2.47 bits per heavy atom. The summed E-state index contributed by atoms with van der Waals surface area (Å²) in [5.41, 5.74) is -1.01. The number of hydrogen-bond donors (Lipinski definition) is 2. The molecule has 1 rings (SSSR count). The zero-order valence-electron chi connectivity index (χ0n) is 7.45. The van der Waals surface area contributed by atoms with Gasteiger partial charge >= 0.3 is 12.0 Å². The third-order valence-electron chi connectivity index (χ3n) is 1.34. The standard InChI is InChI=1S/C7H6F2N2O4/c1-2(12)10-7-11-3(5(8)9)4(15-7)6(13)14/h5H,1H3,(H,13,14)(H,10,11,12). The molecule has 1 amide bonds. The van der Waals surface area contributed by atoms with Gasteiger partial charge in [-0.25, -0.2) is 13.6 Å². The van der Waals surface area contributed by atoms with E-state index < -0.39 is 35.8 Å². The second-order valence-corrected chi connectivity index (χ2v) is 2.52. The number of carboxylic acids is 1. The van der Waals surface area contributed by atoms with Crippen LogP contribution in [0.1, 0.15) is 29.6 Å². The molecule has 1 aromatic rings. The van der Waals surface area contributed by atoms with Crippen molar-refractivity contribution >= 4 is 17.9 Å². The lowest BCUT2D eigenvalue weighted by atomic mass is 10.3. The number of alkyl halides is 2. The molecule has 15 heavy (non-hydrogen) atoms. The van der Waals surface area contributed by atoms with E-state index in [1.54, 1.807) is 0 Å². The lowest BCUT2D eigenvalue weighted by Gasteiger charge is -1.91. The van der Waals surface area contributed by atoms with Gasteiger partial charge in [0.25, 0.3) is 6.43 Å². The molecular formula is C7H6F2N2O4. The number of carbonyl (C=O) groups is 2. The van der Waals surface area contributed by atoms with E-state index >= 15 is 0 Å². The molecule has 0 radical (unpaired) electrons. The summed E-state index contributed by atoms with van der Waals surface area (Å²) in [6.07, 6.45) is -3.08. The summed E-state index contributed by atoms with van der Waals surface area (Å²) in [6.45, 7) is 1.10. The van der Waals surface area contributed by atoms with Gasteiger partial charge in [0.05, 0.1) is 0 Å². The van der Waals surface area contributed by atoms with Crippen molar-refractivity contribution in [1.29, 1.82) is 0 Å². The predicted octanol–water partition coefficient (Wildman–Crippen LogP) is 1.27. The molecule has 0 aliphatic carbocycles. The molecule has 0 atom stereocenters. The molecule has 0 saturated heterocycles. The van der Waals surface area contributed by atoms with Gasteiger partial charge in [0.1, 0.15) is 0 Å². The minimum absolute atomic E-state index is 0.560. The van der Waals surface area contributed by atoms with Crippen LogP contribution < -0.4 is 5.32 Å². The zero-order valence-corrected chi connectivity index (χ0v) is 7.45. The molecule has 82 valence electrons. The van der Waals surface area contributed by atoms with Crippen LogP contribution in [-0.2, 0) is 4.79 Å². The fourth-order valence-corrected chi connectivity index (χ4v) is 0.837. The number of oxazole rings is 1. The van der Waals surface area contributed by atoms with Crippen molar-refractivity contribution in [3.63, 3.8) is 0 Å². The molecule has 1 aromatic heterocycles. The Balaban J connectivity index is 3.09. The van der Waals surface area contributed by atoms with Crippen molar-refractivity contribution < 1.29 is 27.9 Å². The zero-order chi connectivity index (χ0) is 11.6. The third-order valence-corrected chi connectivity index (χ3v) is 1.34. The summed E-state index contributed by atoms with van der Waals surface area (Å²) < 4.78 is 28.9. The molecule has 0 spiro atoms. The number of carboxylic acid groups (broad SMARTS) is 1. The second kappa shape index (κ2) is 4.03. The van der Waals surface area contributed by atoms with Gasteiger partial charge in [0, 0.05) is 6.92 Å². The number of rotatable bonds is 3. The number of nitrogens with one attached hydrogen (secondary N) is 1. The highest BCUT2D eigenvalue weighted by Gasteiger charge is 2.26. The molecule has 0 aliphatic rings. The SMILES string of the molecule is CC(=O)Nc1nc(C(F)F)c(C(=O)O)o1. The van der Waals surface area contributed by atoms with Crippen LogP contribution >= 0.6 is 0 Å². The molecule has 8 heteroatoms. The predicted molar refractivity (Wildman–Crippen MR) is 42.7 cm³/mol. The molecule has 0 aliphatic heterocycles. The van der Waals surface area contributed by atoms with E-state index in [4.69, 9.17) is 5.11 Å². The van der Waals surface area contributed by atoms with Gasteiger partial charge in [-0.15, -0.1) is 0 Å². The van der Waals surface area contributed by atoms with E-state index in [1.165, 1.54) is 0 Å². The Morgan fingerprint density at radius 1 is 1.53 bits per heavy atom. The number of aromatic nitrogens is 1. The first-order valence-electron chi connectivity index (χ1n) is 3.71. The van der Waals surface area contributed by atoms with Crippen molar-refractivity contribution in [2.45, 2.75) is 13.3 Å². The quantitative estimate of drug-likeness (QED) is 0.800. The van der Waals surface area contributed by atoms with Crippen LogP contribution in [0, 0.1) is 0 Å². The van der Waals surface area contributed by atoms with Gasteiger partial charge in [0.2, 0.25) is 11.7 Å². The molecule has 0 saturated carbocycles. The molecule has 0 aromatic carbocycles. The van der Waals surface area contributed by atoms with E-state index in [-0.39, 0.29) is 0 Å². The molecule has 0 fully saturated rings. The minimum atomic E-state index is -3.08. The molecule has 6 nitrogen and oxygen atoms in total. The maximum Gasteiger partial charge on any atom is 0.374 e. The average molecular weight is 220 g/mol. The van der Waals surface area contributed by atoms with E-state index in [0.29, 0.717) is 0 Å². The van der Waals surface area contributed by atoms with Gasteiger partial charge in [-0.1, -0.05) is 0 Å².